The third kappa shape index (κ3) is 2.68. The van der Waals surface area contributed by atoms with E-state index >= 15 is 0 Å². The topological polar surface area (TPSA) is 62.4 Å². The first kappa shape index (κ1) is 14.1. The zero-order chi connectivity index (χ0) is 14.8. The first-order valence-corrected chi connectivity index (χ1v) is 7.73. The number of aryl methyl sites for hydroxylation is 1. The summed E-state index contributed by atoms with van der Waals surface area (Å²) in [6.07, 6.45) is 6.50. The molecule has 0 radical (unpaired) electrons. The number of aliphatic hydroxyl groups is 1. The SMILES string of the molecule is Cc1cc2c(N3CCCCCC3CO)ccc(N)c2cn1. The maximum atomic E-state index is 9.75. The summed E-state index contributed by atoms with van der Waals surface area (Å²) in [5.74, 6) is 0. The van der Waals surface area contributed by atoms with E-state index in [0.717, 1.165) is 35.1 Å². The molecule has 1 saturated heterocycles. The van der Waals surface area contributed by atoms with Crippen LogP contribution in [0.1, 0.15) is 31.4 Å². The summed E-state index contributed by atoms with van der Waals surface area (Å²) in [5, 5.41) is 11.9. The van der Waals surface area contributed by atoms with Gasteiger partial charge in [0.15, 0.2) is 0 Å². The van der Waals surface area contributed by atoms with Gasteiger partial charge in [-0.05, 0) is 38.0 Å². The standard InChI is InChI=1S/C17H23N3O/c1-12-9-14-15(10-19-12)16(18)6-7-17(14)20-8-4-2-3-5-13(20)11-21/h6-7,9-10,13,21H,2-5,8,11,18H2,1H3. The van der Waals surface area contributed by atoms with E-state index in [-0.39, 0.29) is 12.6 Å². The van der Waals surface area contributed by atoms with Crippen molar-refractivity contribution >= 4 is 22.1 Å². The lowest BCUT2D eigenvalue weighted by Crippen LogP contribution is -2.37. The van der Waals surface area contributed by atoms with Gasteiger partial charge in [0.1, 0.15) is 0 Å². The van der Waals surface area contributed by atoms with Crippen molar-refractivity contribution in [3.63, 3.8) is 0 Å². The fraction of sp³-hybridized carbons (Fsp3) is 0.471. The normalized spacial score (nSPS) is 19.7. The summed E-state index contributed by atoms with van der Waals surface area (Å²) in [7, 11) is 0. The molecule has 0 spiro atoms. The smallest absolute Gasteiger partial charge is 0.0635 e. The van der Waals surface area contributed by atoms with E-state index in [1.54, 1.807) is 0 Å². The predicted octanol–water partition coefficient (Wildman–Crippen LogP) is 2.87. The molecule has 2 aromatic rings. The summed E-state index contributed by atoms with van der Waals surface area (Å²) in [4.78, 5) is 6.72. The lowest BCUT2D eigenvalue weighted by molar-refractivity contribution is 0.255. The number of anilines is 2. The van der Waals surface area contributed by atoms with Crippen molar-refractivity contribution in [3.05, 3.63) is 30.1 Å². The minimum absolute atomic E-state index is 0.202. The number of hydrogen-bond acceptors (Lipinski definition) is 4. The highest BCUT2D eigenvalue weighted by Gasteiger charge is 2.22. The van der Waals surface area contributed by atoms with Crippen molar-refractivity contribution in [1.29, 1.82) is 0 Å². The van der Waals surface area contributed by atoms with Crippen LogP contribution in [0.3, 0.4) is 0 Å². The Bertz CT molecular complexity index is 641. The molecular formula is C17H23N3O. The maximum Gasteiger partial charge on any atom is 0.0635 e. The number of benzene rings is 1. The number of aliphatic hydroxyl groups excluding tert-OH is 1. The van der Waals surface area contributed by atoms with Crippen molar-refractivity contribution < 1.29 is 5.11 Å². The molecule has 1 aliphatic rings. The number of pyridine rings is 1. The van der Waals surface area contributed by atoms with Crippen LogP contribution in [-0.4, -0.2) is 29.3 Å². The third-order valence-corrected chi connectivity index (χ3v) is 4.45. The first-order valence-electron chi connectivity index (χ1n) is 7.73. The number of hydrogen-bond donors (Lipinski definition) is 2. The third-order valence-electron chi connectivity index (χ3n) is 4.45. The Morgan fingerprint density at radius 1 is 1.29 bits per heavy atom. The molecule has 3 N–H and O–H groups in total. The number of aromatic nitrogens is 1. The molecule has 112 valence electrons. The van der Waals surface area contributed by atoms with E-state index in [2.05, 4.69) is 22.0 Å². The molecule has 0 aliphatic carbocycles. The Balaban J connectivity index is 2.14. The van der Waals surface area contributed by atoms with Crippen LogP contribution >= 0.6 is 0 Å². The number of nitrogen functional groups attached to an aromatic ring is 1. The lowest BCUT2D eigenvalue weighted by Gasteiger charge is -2.32. The van der Waals surface area contributed by atoms with Crippen molar-refractivity contribution in [1.82, 2.24) is 4.98 Å². The van der Waals surface area contributed by atoms with Gasteiger partial charge in [-0.25, -0.2) is 0 Å². The molecule has 21 heavy (non-hydrogen) atoms. The molecule has 1 atom stereocenters. The van der Waals surface area contributed by atoms with Crippen LogP contribution in [0, 0.1) is 6.92 Å². The van der Waals surface area contributed by atoms with Crippen molar-refractivity contribution in [3.8, 4) is 0 Å². The Morgan fingerprint density at radius 2 is 2.14 bits per heavy atom. The summed E-state index contributed by atoms with van der Waals surface area (Å²) in [6.45, 7) is 3.19. The molecule has 1 aromatic heterocycles. The summed E-state index contributed by atoms with van der Waals surface area (Å²) in [5.41, 5.74) is 9.02. The molecule has 0 saturated carbocycles. The van der Waals surface area contributed by atoms with Gasteiger partial charge in [-0.1, -0.05) is 12.8 Å². The fourth-order valence-corrected chi connectivity index (χ4v) is 3.28. The second-order valence-corrected chi connectivity index (χ2v) is 5.92. The maximum absolute atomic E-state index is 9.75. The van der Waals surface area contributed by atoms with E-state index in [1.165, 1.54) is 24.9 Å². The predicted molar refractivity (Wildman–Crippen MR) is 87.6 cm³/mol. The van der Waals surface area contributed by atoms with Gasteiger partial charge < -0.3 is 15.7 Å². The molecule has 1 aromatic carbocycles. The van der Waals surface area contributed by atoms with E-state index in [1.807, 2.05) is 19.2 Å². The molecule has 4 nitrogen and oxygen atoms in total. The molecule has 2 heterocycles. The van der Waals surface area contributed by atoms with Crippen LogP contribution in [0.25, 0.3) is 10.8 Å². The Morgan fingerprint density at radius 3 is 2.95 bits per heavy atom. The molecule has 1 aliphatic heterocycles. The van der Waals surface area contributed by atoms with E-state index in [9.17, 15) is 5.11 Å². The number of nitrogens with two attached hydrogens (primary N) is 1. The van der Waals surface area contributed by atoms with E-state index < -0.39 is 0 Å². The zero-order valence-electron chi connectivity index (χ0n) is 12.5. The molecule has 0 amide bonds. The second kappa shape index (κ2) is 5.90. The van der Waals surface area contributed by atoms with Crippen LogP contribution in [0.4, 0.5) is 11.4 Å². The quantitative estimate of drug-likeness (QED) is 0.833. The number of rotatable bonds is 2. The van der Waals surface area contributed by atoms with Crippen LogP contribution in [-0.2, 0) is 0 Å². The molecular weight excluding hydrogens is 262 g/mol. The minimum atomic E-state index is 0.202. The fourth-order valence-electron chi connectivity index (χ4n) is 3.28. The second-order valence-electron chi connectivity index (χ2n) is 5.92. The van der Waals surface area contributed by atoms with Gasteiger partial charge in [0.05, 0.1) is 12.6 Å². The van der Waals surface area contributed by atoms with Gasteiger partial charge in [-0.3, -0.25) is 4.98 Å². The van der Waals surface area contributed by atoms with Gasteiger partial charge >= 0.3 is 0 Å². The van der Waals surface area contributed by atoms with Gasteiger partial charge in [0, 0.05) is 40.6 Å². The van der Waals surface area contributed by atoms with Crippen LogP contribution < -0.4 is 10.6 Å². The van der Waals surface area contributed by atoms with Gasteiger partial charge in [0.25, 0.3) is 0 Å². The Labute approximate surface area is 125 Å². The van der Waals surface area contributed by atoms with E-state index in [0.29, 0.717) is 0 Å². The minimum Gasteiger partial charge on any atom is -0.398 e. The summed E-state index contributed by atoms with van der Waals surface area (Å²) in [6, 6.07) is 6.34. The Kier molecular flexibility index (Phi) is 3.97. The van der Waals surface area contributed by atoms with Crippen molar-refractivity contribution in [2.45, 2.75) is 38.6 Å². The average molecular weight is 285 g/mol. The summed E-state index contributed by atoms with van der Waals surface area (Å²) < 4.78 is 0. The highest BCUT2D eigenvalue weighted by atomic mass is 16.3. The van der Waals surface area contributed by atoms with Crippen LogP contribution in [0.15, 0.2) is 24.4 Å². The van der Waals surface area contributed by atoms with E-state index in [4.69, 9.17) is 5.73 Å². The molecule has 1 unspecified atom stereocenters. The molecule has 1 fully saturated rings. The Hall–Kier alpha value is -1.81. The highest BCUT2D eigenvalue weighted by Crippen LogP contribution is 2.34. The molecule has 3 rings (SSSR count). The van der Waals surface area contributed by atoms with Crippen LogP contribution in [0.2, 0.25) is 0 Å². The van der Waals surface area contributed by atoms with Gasteiger partial charge in [-0.15, -0.1) is 0 Å². The van der Waals surface area contributed by atoms with Crippen LogP contribution in [0.5, 0.6) is 0 Å². The largest absolute Gasteiger partial charge is 0.398 e. The first-order chi connectivity index (χ1) is 10.2. The number of fused-ring (bicyclic) bond motifs is 1. The molecule has 0 bridgehead atoms. The summed E-state index contributed by atoms with van der Waals surface area (Å²) >= 11 is 0. The van der Waals surface area contributed by atoms with Crippen molar-refractivity contribution in [2.75, 3.05) is 23.8 Å². The number of nitrogens with zero attached hydrogens (tertiary/aromatic N) is 2. The molecule has 4 heteroatoms. The van der Waals surface area contributed by atoms with Gasteiger partial charge in [-0.2, -0.15) is 0 Å². The van der Waals surface area contributed by atoms with Gasteiger partial charge in [0.2, 0.25) is 0 Å². The monoisotopic (exact) mass is 285 g/mol. The average Bonchev–Trinajstić information content (AvgIpc) is 2.72. The highest BCUT2D eigenvalue weighted by molar-refractivity contribution is 6.01. The van der Waals surface area contributed by atoms with Crippen molar-refractivity contribution in [2.24, 2.45) is 0 Å². The lowest BCUT2D eigenvalue weighted by atomic mass is 10.0. The zero-order valence-corrected chi connectivity index (χ0v) is 12.5.